The average Bonchev–Trinajstić information content (AvgIpc) is 3.78. The molecule has 1 N–H and O–H groups in total. The van der Waals surface area contributed by atoms with Crippen molar-refractivity contribution < 1.29 is 38.8 Å². The molecule has 1 aliphatic carbocycles. The number of carbonyl (C=O) groups is 1. The number of hydrogen-bond acceptors (Lipinski definition) is 5. The molecule has 5 nitrogen and oxygen atoms in total. The maximum Gasteiger partial charge on any atom is 0.164 e. The summed E-state index contributed by atoms with van der Waals surface area (Å²) in [6, 6.07) is 24.6. The third-order valence-electron chi connectivity index (χ3n) is 12.0. The summed E-state index contributed by atoms with van der Waals surface area (Å²) < 4.78 is 12.5. The van der Waals surface area contributed by atoms with Crippen molar-refractivity contribution in [3.05, 3.63) is 101 Å². The molecule has 0 unspecified atom stereocenters. The second kappa shape index (κ2) is 15.4. The molecule has 281 valence electrons. The minimum Gasteiger partial charge on any atom is -0.512 e. The van der Waals surface area contributed by atoms with E-state index in [2.05, 4.69) is 70.2 Å². The van der Waals surface area contributed by atoms with Crippen LogP contribution in [0.2, 0.25) is 0 Å². The number of aliphatic hydroxyl groups is 1. The van der Waals surface area contributed by atoms with E-state index >= 15 is 0 Å². The van der Waals surface area contributed by atoms with E-state index in [1.807, 2.05) is 72.0 Å². The summed E-state index contributed by atoms with van der Waals surface area (Å²) in [5, 5.41) is 13.5. The number of ketones is 1. The number of para-hydroxylation sites is 1. The molecule has 0 saturated heterocycles. The van der Waals surface area contributed by atoms with Gasteiger partial charge in [0.1, 0.15) is 22.7 Å². The van der Waals surface area contributed by atoms with Gasteiger partial charge in [-0.1, -0.05) is 105 Å². The fraction of sp³-hybridized carbons (Fsp3) is 0.404. The zero-order chi connectivity index (χ0) is 37.6. The van der Waals surface area contributed by atoms with Gasteiger partial charge in [-0.25, -0.2) is 0 Å². The van der Waals surface area contributed by atoms with Crippen molar-refractivity contribution in [3.8, 4) is 22.6 Å². The van der Waals surface area contributed by atoms with Crippen LogP contribution in [-0.2, 0) is 36.7 Å². The first-order valence-corrected chi connectivity index (χ1v) is 19.1. The van der Waals surface area contributed by atoms with E-state index in [1.54, 1.807) is 0 Å². The molecule has 7 rings (SSSR count). The van der Waals surface area contributed by atoms with Gasteiger partial charge in [0.2, 0.25) is 0 Å². The molecule has 3 heterocycles. The molecule has 0 aliphatic heterocycles. The molecule has 0 atom stereocenters. The van der Waals surface area contributed by atoms with E-state index in [-0.39, 0.29) is 47.9 Å². The molecule has 3 aromatic heterocycles. The number of aromatic nitrogens is 1. The predicted octanol–water partition coefficient (Wildman–Crippen LogP) is 13.3. The van der Waals surface area contributed by atoms with Crippen LogP contribution in [0.3, 0.4) is 0 Å². The van der Waals surface area contributed by atoms with Crippen LogP contribution in [-0.4, -0.2) is 15.9 Å². The van der Waals surface area contributed by atoms with E-state index in [9.17, 15) is 9.90 Å². The van der Waals surface area contributed by atoms with Crippen molar-refractivity contribution in [2.24, 2.45) is 16.7 Å². The minimum atomic E-state index is -0.337. The van der Waals surface area contributed by atoms with Crippen LogP contribution in [0.4, 0.5) is 0 Å². The molecule has 0 amide bonds. The topological polar surface area (TPSA) is 76.5 Å². The molecule has 0 saturated carbocycles. The average molecular weight is 889 g/mol. The largest absolute Gasteiger partial charge is 0.512 e. The zero-order valence-corrected chi connectivity index (χ0v) is 35.4. The van der Waals surface area contributed by atoms with Crippen molar-refractivity contribution in [2.45, 2.75) is 107 Å². The van der Waals surface area contributed by atoms with Crippen LogP contribution in [0.1, 0.15) is 112 Å². The van der Waals surface area contributed by atoms with Crippen LogP contribution in [0.5, 0.6) is 0 Å². The first kappa shape index (κ1) is 40.2. The number of pyridine rings is 1. The zero-order valence-electron chi connectivity index (χ0n) is 33.0. The van der Waals surface area contributed by atoms with E-state index in [0.717, 1.165) is 82.2 Å². The van der Waals surface area contributed by atoms with E-state index < -0.39 is 0 Å². The van der Waals surface area contributed by atoms with Crippen molar-refractivity contribution in [1.82, 2.24) is 4.98 Å². The van der Waals surface area contributed by atoms with Gasteiger partial charge in [0.05, 0.1) is 6.20 Å². The third-order valence-corrected chi connectivity index (χ3v) is 12.0. The van der Waals surface area contributed by atoms with Crippen molar-refractivity contribution >= 4 is 38.7 Å². The molecule has 0 fully saturated rings. The quantitative estimate of drug-likeness (QED) is 0.0842. The second-order valence-electron chi connectivity index (χ2n) is 16.1. The summed E-state index contributed by atoms with van der Waals surface area (Å²) in [5.41, 5.74) is 8.72. The van der Waals surface area contributed by atoms with Crippen molar-refractivity contribution in [1.29, 1.82) is 0 Å². The molecular formula is C47H54IrNO4-. The number of rotatable bonds is 10. The second-order valence-corrected chi connectivity index (χ2v) is 16.1. The number of nitrogens with zero attached hydrogens (tertiary/aromatic N) is 1. The fourth-order valence-electron chi connectivity index (χ4n) is 7.67. The molecule has 0 spiro atoms. The number of furan rings is 2. The molecule has 1 aliphatic rings. The fourth-order valence-corrected chi connectivity index (χ4v) is 7.67. The van der Waals surface area contributed by atoms with Gasteiger partial charge in [-0.05, 0) is 72.9 Å². The Labute approximate surface area is 328 Å². The van der Waals surface area contributed by atoms with Crippen LogP contribution >= 0.6 is 0 Å². The Bertz CT molecular complexity index is 2290. The Hall–Kier alpha value is -3.99. The summed E-state index contributed by atoms with van der Waals surface area (Å²) >= 11 is 0. The molecule has 53 heavy (non-hydrogen) atoms. The summed E-state index contributed by atoms with van der Waals surface area (Å²) in [7, 11) is 0. The normalized spacial score (nSPS) is 13.9. The predicted molar refractivity (Wildman–Crippen MR) is 215 cm³/mol. The van der Waals surface area contributed by atoms with E-state index in [0.29, 0.717) is 5.92 Å². The van der Waals surface area contributed by atoms with E-state index in [4.69, 9.17) is 13.8 Å². The van der Waals surface area contributed by atoms with Crippen LogP contribution in [0, 0.1) is 22.8 Å². The van der Waals surface area contributed by atoms with Gasteiger partial charge < -0.3 is 18.9 Å². The molecular weight excluding hydrogens is 835 g/mol. The van der Waals surface area contributed by atoms with E-state index in [1.165, 1.54) is 28.2 Å². The van der Waals surface area contributed by atoms with Gasteiger partial charge >= 0.3 is 0 Å². The van der Waals surface area contributed by atoms with Gasteiger partial charge in [0.25, 0.3) is 0 Å². The maximum absolute atomic E-state index is 12.2. The van der Waals surface area contributed by atoms with Crippen LogP contribution in [0.25, 0.3) is 55.5 Å². The third kappa shape index (κ3) is 7.18. The van der Waals surface area contributed by atoms with Gasteiger partial charge in [0.15, 0.2) is 11.4 Å². The number of allylic oxidation sites excluding steroid dienone is 2. The molecule has 1 radical (unpaired) electrons. The SMILES string of the molecule is CC(C)Cc1ccc2oc3c(c2c1)C(C)(C)c1c(-c2cc4c(cn2)oc2ccccc24)[c-]ccc1-3.CCC(C)(CC)C(=O)/C=C(\O)C(C)(CC)CC.[Ir]. The first-order chi connectivity index (χ1) is 24.7. The standard InChI is InChI=1S/C32H26NO2.C15H28O2.Ir/c1-18(2)14-19-12-13-27-24(15-19)30-31(35-27)22-10-7-9-21(29(22)32(30,3)4)25-16-23-20-8-5-6-11-26(20)34-28(23)17-33-25;1-7-14(5,8-2)12(16)11-13(17)15(6,9-3)10-4;/h5-8,10-13,15-18H,14H2,1-4H3;11,16H,7-10H2,1-6H3;/q-1;;/b;12-11-;. The van der Waals surface area contributed by atoms with Gasteiger partial charge in [-0.15, -0.1) is 29.3 Å². The summed E-state index contributed by atoms with van der Waals surface area (Å²) in [6.45, 7) is 21.2. The Morgan fingerprint density at radius 1 is 0.849 bits per heavy atom. The molecule has 6 aromatic rings. The Morgan fingerprint density at radius 3 is 2.17 bits per heavy atom. The van der Waals surface area contributed by atoms with Crippen molar-refractivity contribution in [3.63, 3.8) is 0 Å². The number of fused-ring (bicyclic) bond motifs is 8. The van der Waals surface area contributed by atoms with Crippen LogP contribution in [0.15, 0.2) is 87.5 Å². The summed E-state index contributed by atoms with van der Waals surface area (Å²) in [6.07, 6.45) is 7.65. The maximum atomic E-state index is 12.2. The monoisotopic (exact) mass is 889 g/mol. The number of benzene rings is 3. The minimum absolute atomic E-state index is 0. The van der Waals surface area contributed by atoms with Crippen molar-refractivity contribution in [2.75, 3.05) is 0 Å². The molecule has 0 bridgehead atoms. The van der Waals surface area contributed by atoms with Gasteiger partial charge in [-0.3, -0.25) is 4.79 Å². The Morgan fingerprint density at radius 2 is 1.51 bits per heavy atom. The van der Waals surface area contributed by atoms with Crippen LogP contribution < -0.4 is 0 Å². The smallest absolute Gasteiger partial charge is 0.164 e. The number of carbonyl (C=O) groups excluding carboxylic acids is 1. The molecule has 3 aromatic carbocycles. The number of hydrogen-bond donors (Lipinski definition) is 1. The van der Waals surface area contributed by atoms with Gasteiger partial charge in [-0.2, -0.15) is 0 Å². The Kier molecular flexibility index (Phi) is 11.7. The molecule has 6 heteroatoms. The summed E-state index contributed by atoms with van der Waals surface area (Å²) in [4.78, 5) is 17.0. The summed E-state index contributed by atoms with van der Waals surface area (Å²) in [5.74, 6) is 1.87. The number of aliphatic hydroxyl groups excluding tert-OH is 1. The Balaban J connectivity index is 0.000000259. The van der Waals surface area contributed by atoms with Gasteiger partial charge in [0, 0.05) is 58.7 Å². The first-order valence-electron chi connectivity index (χ1n) is 19.1.